The molecule has 0 aromatic rings. The van der Waals surface area contributed by atoms with E-state index < -0.39 is 0 Å². The number of nitrogens with two attached hydrogens (primary N) is 2. The molecule has 13 heavy (non-hydrogen) atoms. The molecule has 2 bridgehead atoms. The van der Waals surface area contributed by atoms with Crippen LogP contribution in [0.25, 0.3) is 0 Å². The molecule has 2 aliphatic carbocycles. The summed E-state index contributed by atoms with van der Waals surface area (Å²) in [6.45, 7) is 4.48. The normalized spacial score (nSPS) is 56.3. The molecular weight excluding hydrogens is 160 g/mol. The van der Waals surface area contributed by atoms with E-state index in [1.165, 1.54) is 19.3 Å². The third-order valence-electron chi connectivity index (χ3n) is 4.03. The fraction of sp³-hybridized carbons (Fsp3) is 1.00. The SMILES string of the molecule is CC1CC2CC(CC(C)(N)C2)C1N. The lowest BCUT2D eigenvalue weighted by Gasteiger charge is -2.48. The highest BCUT2D eigenvalue weighted by molar-refractivity contribution is 4.99. The van der Waals surface area contributed by atoms with Gasteiger partial charge in [0.1, 0.15) is 0 Å². The third kappa shape index (κ3) is 1.75. The molecule has 0 radical (unpaired) electrons. The van der Waals surface area contributed by atoms with Gasteiger partial charge in [-0.15, -0.1) is 0 Å². The molecule has 5 atom stereocenters. The molecule has 0 amide bonds. The summed E-state index contributed by atoms with van der Waals surface area (Å²) < 4.78 is 0. The van der Waals surface area contributed by atoms with Crippen LogP contribution in [-0.2, 0) is 0 Å². The van der Waals surface area contributed by atoms with E-state index in [1.807, 2.05) is 0 Å². The molecule has 0 heterocycles. The number of fused-ring (bicyclic) bond motifs is 2. The summed E-state index contributed by atoms with van der Waals surface area (Å²) in [4.78, 5) is 0. The topological polar surface area (TPSA) is 52.0 Å². The predicted octanol–water partition coefficient (Wildman–Crippen LogP) is 1.49. The molecule has 0 aromatic heterocycles. The van der Waals surface area contributed by atoms with Gasteiger partial charge in [-0.3, -0.25) is 0 Å². The summed E-state index contributed by atoms with van der Waals surface area (Å²) in [6, 6.07) is 0.402. The van der Waals surface area contributed by atoms with E-state index >= 15 is 0 Å². The van der Waals surface area contributed by atoms with Gasteiger partial charge in [0.25, 0.3) is 0 Å². The van der Waals surface area contributed by atoms with Gasteiger partial charge in [-0.05, 0) is 50.4 Å². The maximum Gasteiger partial charge on any atom is 0.0131 e. The van der Waals surface area contributed by atoms with E-state index in [-0.39, 0.29) is 5.54 Å². The van der Waals surface area contributed by atoms with Gasteiger partial charge >= 0.3 is 0 Å². The minimum atomic E-state index is 0.0609. The van der Waals surface area contributed by atoms with Gasteiger partial charge < -0.3 is 11.5 Å². The van der Waals surface area contributed by atoms with Crippen molar-refractivity contribution in [2.45, 2.75) is 51.1 Å². The standard InChI is InChI=1S/C11H22N2/c1-7-3-8-4-9(10(7)12)6-11(2,13)5-8/h7-10H,3-6,12-13H2,1-2H3. The Bertz CT molecular complexity index is 198. The molecule has 2 nitrogen and oxygen atoms in total. The zero-order chi connectivity index (χ0) is 9.64. The highest BCUT2D eigenvalue weighted by Crippen LogP contribution is 2.44. The zero-order valence-electron chi connectivity index (χ0n) is 8.79. The molecule has 4 N–H and O–H groups in total. The monoisotopic (exact) mass is 182 g/mol. The van der Waals surface area contributed by atoms with Crippen LogP contribution in [0.4, 0.5) is 0 Å². The highest BCUT2D eigenvalue weighted by atomic mass is 14.8. The molecule has 2 fully saturated rings. The van der Waals surface area contributed by atoms with Crippen LogP contribution >= 0.6 is 0 Å². The van der Waals surface area contributed by atoms with E-state index in [9.17, 15) is 0 Å². The van der Waals surface area contributed by atoms with Gasteiger partial charge in [-0.25, -0.2) is 0 Å². The van der Waals surface area contributed by atoms with Gasteiger partial charge in [-0.2, -0.15) is 0 Å². The highest BCUT2D eigenvalue weighted by Gasteiger charge is 2.42. The van der Waals surface area contributed by atoms with E-state index in [0.717, 1.165) is 12.3 Å². The minimum absolute atomic E-state index is 0.0609. The Labute approximate surface area is 81.1 Å². The summed E-state index contributed by atoms with van der Waals surface area (Å²) >= 11 is 0. The maximum absolute atomic E-state index is 6.22. The van der Waals surface area contributed by atoms with Crippen LogP contribution in [0.15, 0.2) is 0 Å². The maximum atomic E-state index is 6.22. The number of hydrogen-bond acceptors (Lipinski definition) is 2. The molecule has 2 saturated carbocycles. The van der Waals surface area contributed by atoms with Crippen LogP contribution in [0, 0.1) is 17.8 Å². The van der Waals surface area contributed by atoms with E-state index in [4.69, 9.17) is 11.5 Å². The van der Waals surface area contributed by atoms with Crippen LogP contribution in [0.1, 0.15) is 39.5 Å². The second-order valence-electron chi connectivity index (χ2n) is 5.71. The van der Waals surface area contributed by atoms with Crippen LogP contribution in [0.3, 0.4) is 0 Å². The average molecular weight is 182 g/mol. The molecule has 0 aliphatic heterocycles. The van der Waals surface area contributed by atoms with Crippen molar-refractivity contribution in [3.63, 3.8) is 0 Å². The Hall–Kier alpha value is -0.0800. The van der Waals surface area contributed by atoms with Crippen molar-refractivity contribution in [2.75, 3.05) is 0 Å². The van der Waals surface area contributed by atoms with Crippen molar-refractivity contribution in [3.05, 3.63) is 0 Å². The molecule has 5 unspecified atom stereocenters. The van der Waals surface area contributed by atoms with Gasteiger partial charge in [0.05, 0.1) is 0 Å². The van der Waals surface area contributed by atoms with Gasteiger partial charge in [0.2, 0.25) is 0 Å². The largest absolute Gasteiger partial charge is 0.327 e. The molecule has 2 heteroatoms. The summed E-state index contributed by atoms with van der Waals surface area (Å²) in [5.41, 5.74) is 12.5. The van der Waals surface area contributed by atoms with Crippen molar-refractivity contribution >= 4 is 0 Å². The fourth-order valence-corrected chi connectivity index (χ4v) is 3.56. The Morgan fingerprint density at radius 1 is 1.23 bits per heavy atom. The third-order valence-corrected chi connectivity index (χ3v) is 4.03. The first-order chi connectivity index (χ1) is 5.98. The Kier molecular flexibility index (Phi) is 2.16. The Balaban J connectivity index is 2.12. The van der Waals surface area contributed by atoms with Crippen LogP contribution < -0.4 is 11.5 Å². The Morgan fingerprint density at radius 2 is 1.92 bits per heavy atom. The molecule has 2 aliphatic rings. The lowest BCUT2D eigenvalue weighted by atomic mass is 9.61. The molecule has 0 saturated heterocycles. The Morgan fingerprint density at radius 3 is 2.62 bits per heavy atom. The molecule has 0 aromatic carbocycles. The van der Waals surface area contributed by atoms with Crippen molar-refractivity contribution in [1.82, 2.24) is 0 Å². The summed E-state index contributed by atoms with van der Waals surface area (Å²) in [7, 11) is 0. The minimum Gasteiger partial charge on any atom is -0.327 e. The van der Waals surface area contributed by atoms with Crippen molar-refractivity contribution in [1.29, 1.82) is 0 Å². The fourth-order valence-electron chi connectivity index (χ4n) is 3.56. The smallest absolute Gasteiger partial charge is 0.0131 e. The second kappa shape index (κ2) is 2.96. The molecule has 76 valence electrons. The van der Waals surface area contributed by atoms with Gasteiger partial charge in [-0.1, -0.05) is 6.92 Å². The lowest BCUT2D eigenvalue weighted by Crippen LogP contribution is -2.53. The molecular formula is C11H22N2. The molecule has 0 spiro atoms. The van der Waals surface area contributed by atoms with E-state index in [0.29, 0.717) is 17.9 Å². The second-order valence-corrected chi connectivity index (χ2v) is 5.71. The van der Waals surface area contributed by atoms with Crippen LogP contribution in [-0.4, -0.2) is 11.6 Å². The van der Waals surface area contributed by atoms with Crippen molar-refractivity contribution in [3.8, 4) is 0 Å². The lowest BCUT2D eigenvalue weighted by molar-refractivity contribution is 0.0731. The average Bonchev–Trinajstić information content (AvgIpc) is 1.97. The van der Waals surface area contributed by atoms with Crippen molar-refractivity contribution in [2.24, 2.45) is 29.2 Å². The number of hydrogen-bond donors (Lipinski definition) is 2. The summed E-state index contributed by atoms with van der Waals surface area (Å²) in [5, 5.41) is 0. The first-order valence-corrected chi connectivity index (χ1v) is 5.52. The first-order valence-electron chi connectivity index (χ1n) is 5.52. The summed E-state index contributed by atoms with van der Waals surface area (Å²) in [5.74, 6) is 2.25. The zero-order valence-corrected chi connectivity index (χ0v) is 8.79. The van der Waals surface area contributed by atoms with Gasteiger partial charge in [0, 0.05) is 11.6 Å². The van der Waals surface area contributed by atoms with E-state index in [2.05, 4.69) is 13.8 Å². The number of rotatable bonds is 0. The van der Waals surface area contributed by atoms with Crippen LogP contribution in [0.5, 0.6) is 0 Å². The predicted molar refractivity (Wildman–Crippen MR) is 55.2 cm³/mol. The van der Waals surface area contributed by atoms with Gasteiger partial charge in [0.15, 0.2) is 0 Å². The summed E-state index contributed by atoms with van der Waals surface area (Å²) in [6.07, 6.45) is 4.97. The molecule has 2 rings (SSSR count). The quantitative estimate of drug-likeness (QED) is 0.596. The van der Waals surface area contributed by atoms with E-state index in [1.54, 1.807) is 0 Å². The van der Waals surface area contributed by atoms with Crippen LogP contribution in [0.2, 0.25) is 0 Å². The first kappa shape index (κ1) is 9.47. The van der Waals surface area contributed by atoms with Crippen molar-refractivity contribution < 1.29 is 0 Å².